The third kappa shape index (κ3) is 2.74. The van der Waals surface area contributed by atoms with Gasteiger partial charge in [0.05, 0.1) is 5.92 Å². The fourth-order valence-electron chi connectivity index (χ4n) is 2.50. The number of hydrogen-bond donors (Lipinski definition) is 1. The normalized spacial score (nSPS) is 24.1. The Labute approximate surface area is 98.0 Å². The Bertz CT molecular complexity index is 245. The van der Waals surface area contributed by atoms with E-state index in [2.05, 4.69) is 17.3 Å². The van der Waals surface area contributed by atoms with Gasteiger partial charge in [-0.1, -0.05) is 0 Å². The van der Waals surface area contributed by atoms with Crippen LogP contribution in [0.15, 0.2) is 0 Å². The van der Waals surface area contributed by atoms with Crippen molar-refractivity contribution in [2.45, 2.75) is 12.8 Å². The van der Waals surface area contributed by atoms with E-state index in [-0.39, 0.29) is 5.92 Å². The Hall–Kier alpha value is -0.610. The van der Waals surface area contributed by atoms with Crippen LogP contribution >= 0.6 is 0 Å². The van der Waals surface area contributed by atoms with Crippen molar-refractivity contribution in [1.82, 2.24) is 15.1 Å². The maximum atomic E-state index is 11.9. The van der Waals surface area contributed by atoms with Gasteiger partial charge in [0.2, 0.25) is 5.91 Å². The molecule has 1 amide bonds. The van der Waals surface area contributed by atoms with Crippen LogP contribution in [0, 0.1) is 11.8 Å². The molecule has 2 saturated heterocycles. The van der Waals surface area contributed by atoms with Crippen LogP contribution in [0.2, 0.25) is 0 Å². The fraction of sp³-hybridized carbons (Fsp3) is 0.917. The highest BCUT2D eigenvalue weighted by Gasteiger charge is 2.29. The molecule has 1 N–H and O–H groups in total. The van der Waals surface area contributed by atoms with Gasteiger partial charge in [-0.15, -0.1) is 0 Å². The molecule has 0 aromatic carbocycles. The van der Waals surface area contributed by atoms with Crippen LogP contribution in [0.25, 0.3) is 0 Å². The van der Waals surface area contributed by atoms with Gasteiger partial charge in [-0.05, 0) is 38.9 Å². The third-order valence-electron chi connectivity index (χ3n) is 3.88. The second kappa shape index (κ2) is 5.15. The molecule has 0 atom stereocenters. The van der Waals surface area contributed by atoms with Crippen LogP contribution in [-0.2, 0) is 4.79 Å². The van der Waals surface area contributed by atoms with Gasteiger partial charge in [-0.2, -0.15) is 0 Å². The standard InChI is InChI=1S/C12H23N3O/c1-14-5-3-10(4-6-14)9-15(2)12(16)11-7-13-8-11/h10-11,13H,3-9H2,1-2H3. The van der Waals surface area contributed by atoms with E-state index in [1.807, 2.05) is 11.9 Å². The zero-order valence-electron chi connectivity index (χ0n) is 10.4. The number of carbonyl (C=O) groups excluding carboxylic acids is 1. The molecule has 0 aromatic heterocycles. The molecular formula is C12H23N3O. The smallest absolute Gasteiger partial charge is 0.228 e. The summed E-state index contributed by atoms with van der Waals surface area (Å²) in [4.78, 5) is 16.3. The lowest BCUT2D eigenvalue weighted by Gasteiger charge is -2.34. The Kier molecular flexibility index (Phi) is 3.82. The zero-order chi connectivity index (χ0) is 11.5. The molecule has 0 radical (unpaired) electrons. The minimum absolute atomic E-state index is 0.247. The molecule has 0 aromatic rings. The molecule has 2 heterocycles. The highest BCUT2D eigenvalue weighted by atomic mass is 16.2. The predicted molar refractivity (Wildman–Crippen MR) is 64.2 cm³/mol. The van der Waals surface area contributed by atoms with Gasteiger partial charge in [-0.25, -0.2) is 0 Å². The molecule has 0 bridgehead atoms. The van der Waals surface area contributed by atoms with Crippen molar-refractivity contribution in [2.75, 3.05) is 46.8 Å². The molecule has 2 aliphatic heterocycles. The number of rotatable bonds is 3. The minimum Gasteiger partial charge on any atom is -0.345 e. The predicted octanol–water partition coefficient (Wildman–Crippen LogP) is 0.00600. The summed E-state index contributed by atoms with van der Waals surface area (Å²) in [6.07, 6.45) is 2.47. The monoisotopic (exact) mass is 225 g/mol. The summed E-state index contributed by atoms with van der Waals surface area (Å²) in [5, 5.41) is 3.15. The van der Waals surface area contributed by atoms with E-state index in [0.717, 1.165) is 19.6 Å². The number of piperidine rings is 1. The Morgan fingerprint density at radius 3 is 2.50 bits per heavy atom. The largest absolute Gasteiger partial charge is 0.345 e. The quantitative estimate of drug-likeness (QED) is 0.735. The average molecular weight is 225 g/mol. The van der Waals surface area contributed by atoms with Gasteiger partial charge in [0.25, 0.3) is 0 Å². The van der Waals surface area contributed by atoms with E-state index >= 15 is 0 Å². The number of nitrogens with zero attached hydrogens (tertiary/aromatic N) is 2. The summed E-state index contributed by atoms with van der Waals surface area (Å²) in [6, 6.07) is 0. The molecule has 16 heavy (non-hydrogen) atoms. The van der Waals surface area contributed by atoms with Gasteiger partial charge < -0.3 is 15.1 Å². The molecule has 2 fully saturated rings. The van der Waals surface area contributed by atoms with Crippen molar-refractivity contribution >= 4 is 5.91 Å². The second-order valence-electron chi connectivity index (χ2n) is 5.32. The lowest BCUT2D eigenvalue weighted by Crippen LogP contribution is -2.52. The van der Waals surface area contributed by atoms with Crippen molar-refractivity contribution in [3.8, 4) is 0 Å². The summed E-state index contributed by atoms with van der Waals surface area (Å²) in [5.74, 6) is 1.28. The SMILES string of the molecule is CN1CCC(CN(C)C(=O)C2CNC2)CC1. The third-order valence-corrected chi connectivity index (χ3v) is 3.88. The van der Waals surface area contributed by atoms with Crippen LogP contribution in [0.1, 0.15) is 12.8 Å². The van der Waals surface area contributed by atoms with Crippen LogP contribution in [0.4, 0.5) is 0 Å². The summed E-state index contributed by atoms with van der Waals surface area (Å²) in [5.41, 5.74) is 0. The van der Waals surface area contributed by atoms with Gasteiger partial charge in [-0.3, -0.25) is 4.79 Å². The lowest BCUT2D eigenvalue weighted by molar-refractivity contribution is -0.136. The van der Waals surface area contributed by atoms with Crippen molar-refractivity contribution in [3.05, 3.63) is 0 Å². The van der Waals surface area contributed by atoms with Gasteiger partial charge in [0, 0.05) is 26.7 Å². The van der Waals surface area contributed by atoms with Crippen LogP contribution < -0.4 is 5.32 Å². The second-order valence-corrected chi connectivity index (χ2v) is 5.32. The molecule has 0 aliphatic carbocycles. The van der Waals surface area contributed by atoms with Crippen LogP contribution in [-0.4, -0.2) is 62.5 Å². The highest BCUT2D eigenvalue weighted by Crippen LogP contribution is 2.18. The minimum atomic E-state index is 0.247. The first-order valence-electron chi connectivity index (χ1n) is 6.31. The molecule has 0 spiro atoms. The summed E-state index contributed by atoms with van der Waals surface area (Å²) < 4.78 is 0. The molecule has 0 unspecified atom stereocenters. The Morgan fingerprint density at radius 2 is 2.00 bits per heavy atom. The topological polar surface area (TPSA) is 35.6 Å². The van der Waals surface area contributed by atoms with Crippen LogP contribution in [0.3, 0.4) is 0 Å². The Morgan fingerprint density at radius 1 is 1.38 bits per heavy atom. The van der Waals surface area contributed by atoms with E-state index in [9.17, 15) is 4.79 Å². The van der Waals surface area contributed by atoms with Crippen molar-refractivity contribution in [2.24, 2.45) is 11.8 Å². The van der Waals surface area contributed by atoms with E-state index in [0.29, 0.717) is 11.8 Å². The molecule has 92 valence electrons. The molecule has 0 saturated carbocycles. The van der Waals surface area contributed by atoms with Gasteiger partial charge in [0.1, 0.15) is 0 Å². The lowest BCUT2D eigenvalue weighted by atomic mass is 9.95. The number of nitrogens with one attached hydrogen (secondary N) is 1. The fourth-order valence-corrected chi connectivity index (χ4v) is 2.50. The average Bonchev–Trinajstić information content (AvgIpc) is 2.19. The maximum Gasteiger partial charge on any atom is 0.228 e. The number of likely N-dealkylation sites (tertiary alicyclic amines) is 1. The van der Waals surface area contributed by atoms with Gasteiger partial charge >= 0.3 is 0 Å². The summed E-state index contributed by atoms with van der Waals surface area (Å²) in [6.45, 7) is 5.05. The van der Waals surface area contributed by atoms with Crippen molar-refractivity contribution in [3.63, 3.8) is 0 Å². The van der Waals surface area contributed by atoms with E-state index in [1.165, 1.54) is 25.9 Å². The van der Waals surface area contributed by atoms with E-state index < -0.39 is 0 Å². The first-order valence-corrected chi connectivity index (χ1v) is 6.31. The highest BCUT2D eigenvalue weighted by molar-refractivity contribution is 5.79. The van der Waals surface area contributed by atoms with Crippen molar-refractivity contribution < 1.29 is 4.79 Å². The Balaban J connectivity index is 1.73. The molecule has 4 nitrogen and oxygen atoms in total. The van der Waals surface area contributed by atoms with Crippen LogP contribution in [0.5, 0.6) is 0 Å². The number of amides is 1. The first kappa shape index (κ1) is 11.9. The van der Waals surface area contributed by atoms with Crippen molar-refractivity contribution in [1.29, 1.82) is 0 Å². The molecule has 2 aliphatic rings. The van der Waals surface area contributed by atoms with E-state index in [4.69, 9.17) is 0 Å². The molecule has 2 rings (SSSR count). The molecule has 4 heteroatoms. The molecular weight excluding hydrogens is 202 g/mol. The zero-order valence-corrected chi connectivity index (χ0v) is 10.4. The van der Waals surface area contributed by atoms with Gasteiger partial charge in [0.15, 0.2) is 0 Å². The summed E-state index contributed by atoms with van der Waals surface area (Å²) >= 11 is 0. The number of carbonyl (C=O) groups is 1. The maximum absolute atomic E-state index is 11.9. The first-order chi connectivity index (χ1) is 7.66. The number of hydrogen-bond acceptors (Lipinski definition) is 3. The van der Waals surface area contributed by atoms with E-state index in [1.54, 1.807) is 0 Å². The summed E-state index contributed by atoms with van der Waals surface area (Å²) in [7, 11) is 4.13.